The molecule has 20 heavy (non-hydrogen) atoms. The fourth-order valence-electron chi connectivity index (χ4n) is 1.69. The number of hydrogen-bond donors (Lipinski definition) is 0. The molecule has 0 unspecified atom stereocenters. The maximum Gasteiger partial charge on any atom is 0.458 e. The molecule has 0 bridgehead atoms. The van der Waals surface area contributed by atoms with Crippen LogP contribution in [-0.2, 0) is 10.9 Å². The Bertz CT molecular complexity index is 671. The van der Waals surface area contributed by atoms with Crippen LogP contribution in [0.2, 0.25) is 0 Å². The van der Waals surface area contributed by atoms with Crippen LogP contribution >= 0.6 is 0 Å². The summed E-state index contributed by atoms with van der Waals surface area (Å²) >= 11 is 0. The van der Waals surface area contributed by atoms with Crippen LogP contribution < -0.4 is 4.73 Å². The highest BCUT2D eigenvalue weighted by Crippen LogP contribution is 2.32. The first-order chi connectivity index (χ1) is 9.34. The lowest BCUT2D eigenvalue weighted by atomic mass is 10.1. The number of rotatable bonds is 2. The number of hydrogen-bond acceptors (Lipinski definition) is 4. The summed E-state index contributed by atoms with van der Waals surface area (Å²) in [6.07, 6.45) is -3.83. The molecule has 0 spiro atoms. The summed E-state index contributed by atoms with van der Waals surface area (Å²) in [5, 5.41) is 11.6. The van der Waals surface area contributed by atoms with E-state index in [4.69, 9.17) is 0 Å². The number of carbonyl (C=O) groups excluding carboxylic acids is 1. The van der Waals surface area contributed by atoms with Crippen molar-refractivity contribution in [3.63, 3.8) is 0 Å². The number of carbonyl (C=O) groups is 1. The van der Waals surface area contributed by atoms with E-state index in [2.05, 4.69) is 9.72 Å². The van der Waals surface area contributed by atoms with Crippen LogP contribution in [0.5, 0.6) is 0 Å². The average Bonchev–Trinajstić information content (AvgIpc) is 2.37. The molecular formula is C12H9F3N2O3. The molecule has 0 aliphatic carbocycles. The Morgan fingerprint density at radius 1 is 1.50 bits per heavy atom. The van der Waals surface area contributed by atoms with E-state index in [-0.39, 0.29) is 16.7 Å². The molecule has 0 saturated carbocycles. The molecular weight excluding hydrogens is 277 g/mol. The van der Waals surface area contributed by atoms with Gasteiger partial charge in [-0.25, -0.2) is 9.52 Å². The Morgan fingerprint density at radius 2 is 2.20 bits per heavy atom. The molecule has 106 valence electrons. The van der Waals surface area contributed by atoms with Crippen molar-refractivity contribution in [2.45, 2.75) is 13.1 Å². The van der Waals surface area contributed by atoms with E-state index >= 15 is 0 Å². The third kappa shape index (κ3) is 2.49. The predicted molar refractivity (Wildman–Crippen MR) is 61.7 cm³/mol. The van der Waals surface area contributed by atoms with E-state index in [1.807, 2.05) is 0 Å². The first kappa shape index (κ1) is 14.0. The third-order valence-electron chi connectivity index (χ3n) is 2.50. The van der Waals surface area contributed by atoms with Gasteiger partial charge in [0, 0.05) is 0 Å². The summed E-state index contributed by atoms with van der Waals surface area (Å²) in [6, 6.07) is 3.69. The Morgan fingerprint density at radius 3 is 2.80 bits per heavy atom. The predicted octanol–water partition coefficient (Wildman–Crippen LogP) is 2.06. The Hall–Kier alpha value is -2.38. The third-order valence-corrected chi connectivity index (χ3v) is 2.50. The minimum absolute atomic E-state index is 0.0650. The minimum Gasteiger partial charge on any atom is -0.710 e. The molecule has 2 rings (SSSR count). The van der Waals surface area contributed by atoms with Crippen molar-refractivity contribution < 1.29 is 27.4 Å². The van der Waals surface area contributed by atoms with Crippen molar-refractivity contribution in [2.75, 3.05) is 6.61 Å². The number of nitrogens with zero attached hydrogens (tertiary/aromatic N) is 2. The van der Waals surface area contributed by atoms with Gasteiger partial charge in [-0.3, -0.25) is 0 Å². The molecule has 0 N–H and O–H groups in total. The standard InChI is InChI=1S/C12H9F3N2O3/c1-2-20-11(18)8-6-7-4-3-5-17(19)10(7)16-9(8)12(13,14)15/h3-6H,2H2,1H3. The normalized spacial score (nSPS) is 11.6. The van der Waals surface area contributed by atoms with Crippen LogP contribution in [0.25, 0.3) is 11.0 Å². The summed E-state index contributed by atoms with van der Waals surface area (Å²) in [4.78, 5) is 14.9. The fraction of sp³-hybridized carbons (Fsp3) is 0.250. The number of halogens is 3. The zero-order chi connectivity index (χ0) is 14.9. The molecule has 0 amide bonds. The highest BCUT2D eigenvalue weighted by Gasteiger charge is 2.43. The van der Waals surface area contributed by atoms with E-state index in [1.165, 1.54) is 19.1 Å². The molecule has 0 radical (unpaired) electrons. The number of aromatic nitrogens is 2. The van der Waals surface area contributed by atoms with Gasteiger partial charge in [-0.2, -0.15) is 13.2 Å². The Balaban J connectivity index is 2.74. The van der Waals surface area contributed by atoms with Crippen molar-refractivity contribution in [2.24, 2.45) is 0 Å². The molecule has 5 nitrogen and oxygen atoms in total. The van der Waals surface area contributed by atoms with E-state index < -0.39 is 29.1 Å². The van der Waals surface area contributed by atoms with Gasteiger partial charge in [0.1, 0.15) is 5.56 Å². The molecule has 2 aromatic heterocycles. The second-order valence-corrected chi connectivity index (χ2v) is 3.85. The number of esters is 1. The Kier molecular flexibility index (Phi) is 3.47. The van der Waals surface area contributed by atoms with Crippen LogP contribution in [-0.4, -0.2) is 17.6 Å². The zero-order valence-corrected chi connectivity index (χ0v) is 10.3. The number of ether oxygens (including phenoxy) is 1. The van der Waals surface area contributed by atoms with Crippen LogP contribution in [0, 0.1) is 5.21 Å². The largest absolute Gasteiger partial charge is 0.710 e. The lowest BCUT2D eigenvalue weighted by Crippen LogP contribution is -2.29. The van der Waals surface area contributed by atoms with E-state index in [0.717, 1.165) is 12.3 Å². The smallest absolute Gasteiger partial charge is 0.458 e. The highest BCUT2D eigenvalue weighted by molar-refractivity contribution is 5.94. The Labute approximate surface area is 111 Å². The second-order valence-electron chi connectivity index (χ2n) is 3.85. The van der Waals surface area contributed by atoms with Crippen molar-refractivity contribution in [3.05, 3.63) is 40.9 Å². The van der Waals surface area contributed by atoms with Gasteiger partial charge >= 0.3 is 17.8 Å². The highest BCUT2D eigenvalue weighted by atomic mass is 19.4. The number of fused-ring (bicyclic) bond motifs is 1. The van der Waals surface area contributed by atoms with Crippen LogP contribution in [0.4, 0.5) is 13.2 Å². The number of pyridine rings is 2. The van der Waals surface area contributed by atoms with Gasteiger partial charge in [-0.1, -0.05) is 0 Å². The molecule has 0 aromatic carbocycles. The first-order valence-electron chi connectivity index (χ1n) is 5.62. The van der Waals surface area contributed by atoms with Gasteiger partial charge in [0.05, 0.1) is 18.2 Å². The monoisotopic (exact) mass is 286 g/mol. The fourth-order valence-corrected chi connectivity index (χ4v) is 1.69. The lowest BCUT2D eigenvalue weighted by molar-refractivity contribution is -0.579. The van der Waals surface area contributed by atoms with Crippen molar-refractivity contribution in [3.8, 4) is 0 Å². The zero-order valence-electron chi connectivity index (χ0n) is 10.3. The second kappa shape index (κ2) is 4.95. The molecule has 8 heteroatoms. The quantitative estimate of drug-likeness (QED) is 0.481. The molecule has 0 aliphatic rings. The summed E-state index contributed by atoms with van der Waals surface area (Å²) < 4.78 is 43.6. The molecule has 2 aromatic rings. The van der Waals surface area contributed by atoms with Gasteiger partial charge in [0.2, 0.25) is 0 Å². The van der Waals surface area contributed by atoms with Gasteiger partial charge in [-0.05, 0) is 30.1 Å². The molecule has 0 aliphatic heterocycles. The van der Waals surface area contributed by atoms with Gasteiger partial charge in [-0.15, -0.1) is 0 Å². The number of alkyl halides is 3. The SMILES string of the molecule is CCOC(=O)c1cc2ccc[n+]([O-])c2nc1C(F)(F)F. The van der Waals surface area contributed by atoms with Crippen molar-refractivity contribution in [1.82, 2.24) is 4.98 Å². The average molecular weight is 286 g/mol. The maximum atomic E-state index is 12.9. The minimum atomic E-state index is -4.86. The first-order valence-corrected chi connectivity index (χ1v) is 5.62. The topological polar surface area (TPSA) is 66.1 Å². The summed E-state index contributed by atoms with van der Waals surface area (Å²) in [5.74, 6) is -1.13. The van der Waals surface area contributed by atoms with E-state index in [1.54, 1.807) is 0 Å². The molecule has 0 fully saturated rings. The maximum absolute atomic E-state index is 12.9. The van der Waals surface area contributed by atoms with Crippen LogP contribution in [0.1, 0.15) is 23.0 Å². The lowest BCUT2D eigenvalue weighted by Gasteiger charge is -2.09. The molecule has 0 atom stereocenters. The van der Waals surface area contributed by atoms with Crippen molar-refractivity contribution >= 4 is 17.0 Å². The van der Waals surface area contributed by atoms with E-state index in [9.17, 15) is 23.2 Å². The van der Waals surface area contributed by atoms with Crippen LogP contribution in [0.15, 0.2) is 24.4 Å². The summed E-state index contributed by atoms with van der Waals surface area (Å²) in [6.45, 7) is 1.41. The van der Waals surface area contributed by atoms with Gasteiger partial charge < -0.3 is 9.94 Å². The van der Waals surface area contributed by atoms with Gasteiger partial charge in [0.25, 0.3) is 5.69 Å². The van der Waals surface area contributed by atoms with Crippen LogP contribution in [0.3, 0.4) is 0 Å². The summed E-state index contributed by atoms with van der Waals surface area (Å²) in [5.41, 5.74) is -2.55. The van der Waals surface area contributed by atoms with E-state index in [0.29, 0.717) is 0 Å². The molecule has 2 heterocycles. The van der Waals surface area contributed by atoms with Gasteiger partial charge in [0.15, 0.2) is 0 Å². The molecule has 0 saturated heterocycles. The summed E-state index contributed by atoms with van der Waals surface area (Å²) in [7, 11) is 0. The van der Waals surface area contributed by atoms with Crippen molar-refractivity contribution in [1.29, 1.82) is 0 Å².